The number of para-hydroxylation sites is 1. The molecule has 1 N–H and O–H groups in total. The molecule has 1 fully saturated rings. The molecule has 0 bridgehead atoms. The van der Waals surface area contributed by atoms with Gasteiger partial charge in [-0.05, 0) is 72.4 Å². The quantitative estimate of drug-likeness (QED) is 0.238. The molecule has 1 aliphatic rings. The lowest BCUT2D eigenvalue weighted by Gasteiger charge is -2.29. The van der Waals surface area contributed by atoms with Gasteiger partial charge in [0.1, 0.15) is 29.4 Å². The van der Waals surface area contributed by atoms with Gasteiger partial charge in [-0.1, -0.05) is 43.0 Å². The van der Waals surface area contributed by atoms with E-state index in [1.165, 1.54) is 11.0 Å². The minimum absolute atomic E-state index is 0.0157. The zero-order valence-corrected chi connectivity index (χ0v) is 18.4. The molecule has 4 rings (SSSR count). The number of hydrogen-bond donors (Lipinski definition) is 1. The largest absolute Gasteiger partial charge is 0.490 e. The highest BCUT2D eigenvalue weighted by Gasteiger charge is 2.34. The topological polar surface area (TPSA) is 67.9 Å². The minimum atomic E-state index is -0.553. The predicted octanol–water partition coefficient (Wildman–Crippen LogP) is 4.88. The molecule has 1 heterocycles. The zero-order valence-electron chi connectivity index (χ0n) is 17.6. The summed E-state index contributed by atoms with van der Waals surface area (Å²) < 4.78 is 11.3. The molecule has 3 aromatic rings. The van der Waals surface area contributed by atoms with Crippen LogP contribution in [0.15, 0.2) is 97.1 Å². The summed E-state index contributed by atoms with van der Waals surface area (Å²) in [7, 11) is 0. The van der Waals surface area contributed by atoms with Crippen LogP contribution in [0.1, 0.15) is 5.56 Å². The van der Waals surface area contributed by atoms with Crippen LogP contribution in [-0.4, -0.2) is 23.5 Å². The van der Waals surface area contributed by atoms with Gasteiger partial charge in [0.25, 0.3) is 11.8 Å². The molecule has 1 saturated heterocycles. The van der Waals surface area contributed by atoms with Crippen LogP contribution in [0.3, 0.4) is 0 Å². The standard InChI is InChI=1S/C26H20N2O4S/c1-2-15-31-22-10-6-7-18(16-22)17-23-24(29)27-26(33)28(25(23)30)19-11-13-21(14-12-19)32-20-8-4-3-5-9-20/h2-14,16-17H,1,15H2,(H,27,29,33). The van der Waals surface area contributed by atoms with Crippen molar-refractivity contribution >= 4 is 40.9 Å². The van der Waals surface area contributed by atoms with Crippen LogP contribution in [0.5, 0.6) is 17.2 Å². The summed E-state index contributed by atoms with van der Waals surface area (Å²) in [5.74, 6) is 0.845. The highest BCUT2D eigenvalue weighted by Crippen LogP contribution is 2.27. The average molecular weight is 457 g/mol. The second kappa shape index (κ2) is 9.93. The Bertz CT molecular complexity index is 1240. The molecule has 0 saturated carbocycles. The second-order valence-electron chi connectivity index (χ2n) is 7.04. The average Bonchev–Trinajstić information content (AvgIpc) is 2.82. The summed E-state index contributed by atoms with van der Waals surface area (Å²) in [6.07, 6.45) is 3.15. The molecule has 7 heteroatoms. The maximum absolute atomic E-state index is 13.2. The lowest BCUT2D eigenvalue weighted by Crippen LogP contribution is -2.54. The number of nitrogens with zero attached hydrogens (tertiary/aromatic N) is 1. The zero-order chi connectivity index (χ0) is 23.2. The first kappa shape index (κ1) is 22.0. The fraction of sp³-hybridized carbons (Fsp3) is 0.0385. The summed E-state index contributed by atoms with van der Waals surface area (Å²) in [6, 6.07) is 23.3. The number of nitrogens with one attached hydrogen (secondary N) is 1. The SMILES string of the molecule is C=CCOc1cccc(C=C2C(=O)NC(=S)N(c3ccc(Oc4ccccc4)cc3)C2=O)c1. The van der Waals surface area contributed by atoms with E-state index in [1.54, 1.807) is 54.6 Å². The van der Waals surface area contributed by atoms with Crippen molar-refractivity contribution < 1.29 is 19.1 Å². The van der Waals surface area contributed by atoms with Gasteiger partial charge in [-0.25, -0.2) is 0 Å². The van der Waals surface area contributed by atoms with Gasteiger partial charge >= 0.3 is 0 Å². The molecular weight excluding hydrogens is 436 g/mol. The van der Waals surface area contributed by atoms with E-state index in [2.05, 4.69) is 11.9 Å². The van der Waals surface area contributed by atoms with E-state index in [0.717, 1.165) is 0 Å². The Balaban J connectivity index is 1.57. The number of benzene rings is 3. The van der Waals surface area contributed by atoms with Gasteiger partial charge < -0.3 is 9.47 Å². The molecule has 0 aromatic heterocycles. The monoisotopic (exact) mass is 456 g/mol. The molecule has 1 aliphatic heterocycles. The van der Waals surface area contributed by atoms with Crippen molar-refractivity contribution in [2.45, 2.75) is 0 Å². The lowest BCUT2D eigenvalue weighted by atomic mass is 10.1. The fourth-order valence-electron chi connectivity index (χ4n) is 3.20. The van der Waals surface area contributed by atoms with Crippen LogP contribution in [0, 0.1) is 0 Å². The van der Waals surface area contributed by atoms with E-state index in [9.17, 15) is 9.59 Å². The van der Waals surface area contributed by atoms with Crippen molar-refractivity contribution in [2.75, 3.05) is 11.5 Å². The third kappa shape index (κ3) is 5.16. The van der Waals surface area contributed by atoms with Crippen molar-refractivity contribution in [3.63, 3.8) is 0 Å². The van der Waals surface area contributed by atoms with Gasteiger partial charge in [-0.3, -0.25) is 19.8 Å². The van der Waals surface area contributed by atoms with E-state index >= 15 is 0 Å². The molecule has 6 nitrogen and oxygen atoms in total. The molecular formula is C26H20N2O4S. The van der Waals surface area contributed by atoms with Gasteiger partial charge in [0.15, 0.2) is 5.11 Å². The first-order chi connectivity index (χ1) is 16.0. The Hall–Kier alpha value is -4.23. The number of carbonyl (C=O) groups is 2. The molecule has 33 heavy (non-hydrogen) atoms. The fourth-order valence-corrected chi connectivity index (χ4v) is 3.48. The number of ether oxygens (including phenoxy) is 2. The van der Waals surface area contributed by atoms with Crippen molar-refractivity contribution in [1.29, 1.82) is 0 Å². The van der Waals surface area contributed by atoms with Crippen LogP contribution in [0.2, 0.25) is 0 Å². The normalized spacial score (nSPS) is 14.7. The Morgan fingerprint density at radius 1 is 0.909 bits per heavy atom. The maximum Gasteiger partial charge on any atom is 0.270 e. The lowest BCUT2D eigenvalue weighted by molar-refractivity contribution is -0.122. The Labute approximate surface area is 196 Å². The maximum atomic E-state index is 13.2. The number of carbonyl (C=O) groups excluding carboxylic acids is 2. The van der Waals surface area contributed by atoms with Crippen molar-refractivity contribution in [3.05, 3.63) is 103 Å². The molecule has 0 atom stereocenters. The summed E-state index contributed by atoms with van der Waals surface area (Å²) in [6.45, 7) is 3.97. The molecule has 164 valence electrons. The Morgan fingerprint density at radius 3 is 2.33 bits per heavy atom. The van der Waals surface area contributed by atoms with Crippen LogP contribution in [-0.2, 0) is 9.59 Å². The van der Waals surface area contributed by atoms with Gasteiger partial charge in [0.05, 0.1) is 5.69 Å². The second-order valence-corrected chi connectivity index (χ2v) is 7.43. The first-order valence-corrected chi connectivity index (χ1v) is 10.5. The van der Waals surface area contributed by atoms with Crippen molar-refractivity contribution in [3.8, 4) is 17.2 Å². The van der Waals surface area contributed by atoms with E-state index in [1.807, 2.05) is 30.3 Å². The Morgan fingerprint density at radius 2 is 1.61 bits per heavy atom. The van der Waals surface area contributed by atoms with Gasteiger partial charge in [0.2, 0.25) is 0 Å². The molecule has 0 radical (unpaired) electrons. The van der Waals surface area contributed by atoms with Crippen LogP contribution < -0.4 is 19.7 Å². The number of amides is 2. The number of thiocarbonyl (C=S) groups is 1. The van der Waals surface area contributed by atoms with Crippen LogP contribution in [0.25, 0.3) is 6.08 Å². The number of anilines is 1. The summed E-state index contributed by atoms with van der Waals surface area (Å²) in [4.78, 5) is 27.0. The molecule has 0 unspecified atom stereocenters. The highest BCUT2D eigenvalue weighted by molar-refractivity contribution is 7.80. The molecule has 0 spiro atoms. The third-order valence-electron chi connectivity index (χ3n) is 4.71. The summed E-state index contributed by atoms with van der Waals surface area (Å²) in [5, 5.41) is 2.60. The Kier molecular flexibility index (Phi) is 6.61. The molecule has 0 aliphatic carbocycles. The van der Waals surface area contributed by atoms with Crippen molar-refractivity contribution in [2.24, 2.45) is 0 Å². The smallest absolute Gasteiger partial charge is 0.270 e. The molecule has 2 amide bonds. The van der Waals surface area contributed by atoms with E-state index in [0.29, 0.717) is 35.1 Å². The highest BCUT2D eigenvalue weighted by atomic mass is 32.1. The summed E-state index contributed by atoms with van der Waals surface area (Å²) in [5.41, 5.74) is 1.13. The van der Waals surface area contributed by atoms with Gasteiger partial charge in [-0.2, -0.15) is 0 Å². The van der Waals surface area contributed by atoms with E-state index in [4.69, 9.17) is 21.7 Å². The van der Waals surface area contributed by atoms with Gasteiger partial charge in [0, 0.05) is 0 Å². The van der Waals surface area contributed by atoms with E-state index in [-0.39, 0.29) is 10.7 Å². The third-order valence-corrected chi connectivity index (χ3v) is 5.00. The van der Waals surface area contributed by atoms with E-state index < -0.39 is 11.8 Å². The first-order valence-electron chi connectivity index (χ1n) is 10.1. The van der Waals surface area contributed by atoms with Crippen molar-refractivity contribution in [1.82, 2.24) is 5.32 Å². The number of hydrogen-bond acceptors (Lipinski definition) is 5. The number of rotatable bonds is 7. The molecule has 3 aromatic carbocycles. The summed E-state index contributed by atoms with van der Waals surface area (Å²) >= 11 is 5.27. The van der Waals surface area contributed by atoms with Crippen LogP contribution in [0.4, 0.5) is 5.69 Å². The predicted molar refractivity (Wildman–Crippen MR) is 131 cm³/mol. The minimum Gasteiger partial charge on any atom is -0.490 e. The van der Waals surface area contributed by atoms with Crippen LogP contribution >= 0.6 is 12.2 Å². The van der Waals surface area contributed by atoms with Gasteiger partial charge in [-0.15, -0.1) is 0 Å².